The summed E-state index contributed by atoms with van der Waals surface area (Å²) in [4.78, 5) is 12.3. The molecule has 1 N–H and O–H groups in total. The van der Waals surface area contributed by atoms with E-state index in [1.807, 2.05) is 45.0 Å². The fraction of sp³-hybridized carbons (Fsp3) is 0.476. The molecule has 0 fully saturated rings. The number of hydrogen-bond acceptors (Lipinski definition) is 4. The first-order valence-corrected chi connectivity index (χ1v) is 10.3. The molecule has 5 nitrogen and oxygen atoms in total. The SMILES string of the molecule is C=C(/C=C1/COCc2ccccc21)C[C@@H](N[S@](=O)C(C)(C)C)C(=O)OCC. The molecular formula is C21H29NO4S. The number of esters is 1. The van der Waals surface area contributed by atoms with Crippen molar-refractivity contribution in [3.05, 3.63) is 53.6 Å². The smallest absolute Gasteiger partial charge is 0.324 e. The lowest BCUT2D eigenvalue weighted by atomic mass is 9.95. The van der Waals surface area contributed by atoms with E-state index in [-0.39, 0.29) is 6.61 Å². The summed E-state index contributed by atoms with van der Waals surface area (Å²) in [5.41, 5.74) is 4.06. The number of carbonyl (C=O) groups is 1. The lowest BCUT2D eigenvalue weighted by molar-refractivity contribution is -0.145. The monoisotopic (exact) mass is 391 g/mol. The summed E-state index contributed by atoms with van der Waals surface area (Å²) in [5, 5.41) is 0. The van der Waals surface area contributed by atoms with Gasteiger partial charge in [-0.2, -0.15) is 0 Å². The fourth-order valence-corrected chi connectivity index (χ4v) is 3.51. The molecule has 0 aliphatic carbocycles. The van der Waals surface area contributed by atoms with Gasteiger partial charge in [0.25, 0.3) is 0 Å². The van der Waals surface area contributed by atoms with Gasteiger partial charge in [-0.05, 0) is 50.8 Å². The molecule has 0 saturated carbocycles. The number of carbonyl (C=O) groups excluding carboxylic acids is 1. The van der Waals surface area contributed by atoms with Gasteiger partial charge in [-0.1, -0.05) is 42.5 Å². The van der Waals surface area contributed by atoms with Crippen LogP contribution in [0.1, 0.15) is 45.2 Å². The average Bonchev–Trinajstić information content (AvgIpc) is 2.60. The molecule has 1 aliphatic rings. The Morgan fingerprint density at radius 3 is 2.74 bits per heavy atom. The molecular weight excluding hydrogens is 362 g/mol. The summed E-state index contributed by atoms with van der Waals surface area (Å²) in [7, 11) is -1.39. The van der Waals surface area contributed by atoms with Gasteiger partial charge < -0.3 is 9.47 Å². The van der Waals surface area contributed by atoms with Crippen LogP contribution in [-0.2, 0) is 31.9 Å². The van der Waals surface area contributed by atoms with Gasteiger partial charge in [0.1, 0.15) is 6.04 Å². The van der Waals surface area contributed by atoms with Crippen molar-refractivity contribution in [3.8, 4) is 0 Å². The molecule has 27 heavy (non-hydrogen) atoms. The summed E-state index contributed by atoms with van der Waals surface area (Å²) in [6.07, 6.45) is 2.26. The number of fused-ring (bicyclic) bond motifs is 1. The summed E-state index contributed by atoms with van der Waals surface area (Å²) >= 11 is 0. The van der Waals surface area contributed by atoms with Crippen LogP contribution in [0.3, 0.4) is 0 Å². The molecule has 0 bridgehead atoms. The molecule has 1 aromatic carbocycles. The molecule has 6 heteroatoms. The van der Waals surface area contributed by atoms with Gasteiger partial charge in [0, 0.05) is 0 Å². The van der Waals surface area contributed by atoms with Crippen molar-refractivity contribution in [2.45, 2.75) is 51.5 Å². The van der Waals surface area contributed by atoms with E-state index >= 15 is 0 Å². The van der Waals surface area contributed by atoms with Crippen molar-refractivity contribution in [1.29, 1.82) is 0 Å². The van der Waals surface area contributed by atoms with E-state index in [1.165, 1.54) is 0 Å². The Labute approximate surface area is 164 Å². The zero-order chi connectivity index (χ0) is 20.0. The van der Waals surface area contributed by atoms with Gasteiger partial charge in [-0.15, -0.1) is 0 Å². The van der Waals surface area contributed by atoms with Crippen LogP contribution >= 0.6 is 0 Å². The maximum absolute atomic E-state index is 12.4. The first kappa shape index (κ1) is 21.5. The van der Waals surface area contributed by atoms with Gasteiger partial charge >= 0.3 is 5.97 Å². The van der Waals surface area contributed by atoms with Gasteiger partial charge in [0.2, 0.25) is 0 Å². The number of allylic oxidation sites excluding steroid dienone is 1. The third-order valence-corrected chi connectivity index (χ3v) is 5.71. The van der Waals surface area contributed by atoms with E-state index < -0.39 is 27.7 Å². The van der Waals surface area contributed by atoms with Crippen molar-refractivity contribution in [1.82, 2.24) is 4.72 Å². The van der Waals surface area contributed by atoms with E-state index in [1.54, 1.807) is 6.92 Å². The molecule has 0 aromatic heterocycles. The Hall–Kier alpha value is -1.76. The van der Waals surface area contributed by atoms with Crippen molar-refractivity contribution < 1.29 is 18.5 Å². The van der Waals surface area contributed by atoms with Crippen LogP contribution in [0.2, 0.25) is 0 Å². The van der Waals surface area contributed by atoms with Crippen molar-refractivity contribution in [2.75, 3.05) is 13.2 Å². The second-order valence-corrected chi connectivity index (χ2v) is 9.48. The van der Waals surface area contributed by atoms with Crippen molar-refractivity contribution >= 4 is 22.5 Å². The quantitative estimate of drug-likeness (QED) is 0.722. The number of nitrogens with one attached hydrogen (secondary N) is 1. The summed E-state index contributed by atoms with van der Waals surface area (Å²) in [6, 6.07) is 7.38. The highest BCUT2D eigenvalue weighted by atomic mass is 32.2. The van der Waals surface area contributed by atoms with E-state index in [4.69, 9.17) is 9.47 Å². The number of rotatable bonds is 7. The molecule has 2 atom stereocenters. The third kappa shape index (κ3) is 6.13. The molecule has 0 saturated heterocycles. The zero-order valence-electron chi connectivity index (χ0n) is 16.5. The van der Waals surface area contributed by atoms with E-state index in [0.717, 1.165) is 22.3 Å². The highest BCUT2D eigenvalue weighted by Crippen LogP contribution is 2.27. The second kappa shape index (κ2) is 9.44. The summed E-state index contributed by atoms with van der Waals surface area (Å²) < 4.78 is 25.7. The van der Waals surface area contributed by atoms with Crippen molar-refractivity contribution in [3.63, 3.8) is 0 Å². The molecule has 1 heterocycles. The molecule has 0 radical (unpaired) electrons. The van der Waals surface area contributed by atoms with E-state index in [0.29, 0.717) is 19.6 Å². The van der Waals surface area contributed by atoms with Crippen LogP contribution in [0.25, 0.3) is 5.57 Å². The Bertz CT molecular complexity index is 749. The first-order chi connectivity index (χ1) is 12.7. The Morgan fingerprint density at radius 1 is 1.37 bits per heavy atom. The Balaban J connectivity index is 2.16. The number of hydrogen-bond donors (Lipinski definition) is 1. The molecule has 0 amide bonds. The predicted octanol–water partition coefficient (Wildman–Crippen LogP) is 3.53. The molecule has 1 aliphatic heterocycles. The predicted molar refractivity (Wildman–Crippen MR) is 109 cm³/mol. The fourth-order valence-electron chi connectivity index (χ4n) is 2.72. The standard InChI is InChI=1S/C21H29NO4S/c1-6-26-20(23)19(22-27(24)21(3,4)5)12-15(2)11-17-14-25-13-16-9-7-8-10-18(16)17/h7-11,19,22H,2,6,12-14H2,1,3-5H3/b17-11-/t19-,27-/m1/s1. The second-order valence-electron chi connectivity index (χ2n) is 7.49. The van der Waals surface area contributed by atoms with Gasteiger partial charge in [-0.3, -0.25) is 4.79 Å². The molecule has 148 valence electrons. The Morgan fingerprint density at radius 2 is 2.07 bits per heavy atom. The Kier molecular flexibility index (Phi) is 7.53. The lowest BCUT2D eigenvalue weighted by Crippen LogP contribution is -2.44. The topological polar surface area (TPSA) is 64.6 Å². The van der Waals surface area contributed by atoms with Crippen LogP contribution in [0.5, 0.6) is 0 Å². The molecule has 2 rings (SSSR count). The minimum absolute atomic E-state index is 0.272. The minimum atomic E-state index is -1.39. The van der Waals surface area contributed by atoms with Gasteiger partial charge in [-0.25, -0.2) is 8.93 Å². The van der Waals surface area contributed by atoms with Crippen LogP contribution < -0.4 is 4.72 Å². The maximum Gasteiger partial charge on any atom is 0.324 e. The average molecular weight is 392 g/mol. The van der Waals surface area contributed by atoms with Crippen LogP contribution in [0.15, 0.2) is 42.5 Å². The molecule has 0 spiro atoms. The lowest BCUT2D eigenvalue weighted by Gasteiger charge is -2.24. The van der Waals surface area contributed by atoms with Crippen LogP contribution in [0.4, 0.5) is 0 Å². The first-order valence-electron chi connectivity index (χ1n) is 9.11. The minimum Gasteiger partial charge on any atom is -0.465 e. The maximum atomic E-state index is 12.4. The normalized spacial score (nSPS) is 17.9. The largest absolute Gasteiger partial charge is 0.465 e. The number of benzene rings is 1. The van der Waals surface area contributed by atoms with Gasteiger partial charge in [0.05, 0.1) is 35.6 Å². The van der Waals surface area contributed by atoms with E-state index in [9.17, 15) is 9.00 Å². The highest BCUT2D eigenvalue weighted by molar-refractivity contribution is 7.84. The third-order valence-electron chi connectivity index (χ3n) is 4.10. The van der Waals surface area contributed by atoms with Crippen molar-refractivity contribution in [2.24, 2.45) is 0 Å². The summed E-state index contributed by atoms with van der Waals surface area (Å²) in [6.45, 7) is 12.8. The van der Waals surface area contributed by atoms with Crippen LogP contribution in [-0.4, -0.2) is 34.2 Å². The molecule has 0 unspecified atom stereocenters. The summed E-state index contributed by atoms with van der Waals surface area (Å²) in [5.74, 6) is -0.421. The highest BCUT2D eigenvalue weighted by Gasteiger charge is 2.28. The number of ether oxygens (including phenoxy) is 2. The van der Waals surface area contributed by atoms with Crippen LogP contribution in [0, 0.1) is 0 Å². The zero-order valence-corrected chi connectivity index (χ0v) is 17.4. The van der Waals surface area contributed by atoms with Gasteiger partial charge in [0.15, 0.2) is 0 Å². The molecule has 1 aromatic rings. The van der Waals surface area contributed by atoms with E-state index in [2.05, 4.69) is 17.4 Å².